The van der Waals surface area contributed by atoms with Gasteiger partial charge in [0.1, 0.15) is 17.9 Å². The summed E-state index contributed by atoms with van der Waals surface area (Å²) in [6.07, 6.45) is -0.853. The number of ether oxygens (including phenoxy) is 1. The Hall–Kier alpha value is -3.08. The first-order valence-electron chi connectivity index (χ1n) is 11.1. The molecule has 35 heavy (non-hydrogen) atoms. The lowest BCUT2D eigenvalue weighted by Gasteiger charge is -2.30. The number of carboxylic acid groups (broad SMARTS) is 1. The highest BCUT2D eigenvalue weighted by atomic mass is 32.2. The number of nitrogens with zero attached hydrogens (tertiary/aromatic N) is 1. The Morgan fingerprint density at radius 1 is 1.14 bits per heavy atom. The summed E-state index contributed by atoms with van der Waals surface area (Å²) in [4.78, 5) is 36.5. The molecule has 0 saturated carbocycles. The Kier molecular flexibility index (Phi) is 7.78. The van der Waals surface area contributed by atoms with Gasteiger partial charge in [0.25, 0.3) is 11.7 Å². The molecule has 1 aliphatic rings. The van der Waals surface area contributed by atoms with Crippen LogP contribution in [0.1, 0.15) is 48.3 Å². The molecule has 2 amide bonds. The lowest BCUT2D eigenvalue weighted by atomic mass is 9.95. The smallest absolute Gasteiger partial charge is 0.408 e. The van der Waals surface area contributed by atoms with Crippen molar-refractivity contribution in [2.24, 2.45) is 0 Å². The highest BCUT2D eigenvalue weighted by molar-refractivity contribution is 7.98. The van der Waals surface area contributed by atoms with Gasteiger partial charge in [0.15, 0.2) is 0 Å². The van der Waals surface area contributed by atoms with Crippen molar-refractivity contribution < 1.29 is 34.4 Å². The van der Waals surface area contributed by atoms with E-state index >= 15 is 0 Å². The average Bonchev–Trinajstić information content (AvgIpc) is 3.02. The number of rotatable bonds is 7. The van der Waals surface area contributed by atoms with Gasteiger partial charge in [0.05, 0.1) is 0 Å². The molecule has 10 heteroatoms. The first-order chi connectivity index (χ1) is 16.3. The summed E-state index contributed by atoms with van der Waals surface area (Å²) in [5, 5.41) is 32.1. The zero-order chi connectivity index (χ0) is 26.0. The molecule has 9 nitrogen and oxygen atoms in total. The fourth-order valence-electron chi connectivity index (χ4n) is 3.73. The van der Waals surface area contributed by atoms with E-state index in [9.17, 15) is 29.7 Å². The normalized spacial score (nSPS) is 18.3. The maximum Gasteiger partial charge on any atom is 0.408 e. The van der Waals surface area contributed by atoms with Gasteiger partial charge in [0.2, 0.25) is 0 Å². The van der Waals surface area contributed by atoms with Crippen LogP contribution in [-0.4, -0.2) is 55.0 Å². The molecule has 0 aromatic heterocycles. The number of aryl methyl sites for hydroxylation is 1. The Morgan fingerprint density at radius 3 is 2.34 bits per heavy atom. The summed E-state index contributed by atoms with van der Waals surface area (Å²) in [5.74, 6) is -4.57. The van der Waals surface area contributed by atoms with E-state index in [0.29, 0.717) is 16.7 Å². The van der Waals surface area contributed by atoms with Gasteiger partial charge < -0.3 is 25.4 Å². The average molecular weight is 503 g/mol. The van der Waals surface area contributed by atoms with Crippen molar-refractivity contribution in [2.45, 2.75) is 63.3 Å². The van der Waals surface area contributed by atoms with Gasteiger partial charge in [-0.3, -0.25) is 9.10 Å². The largest absolute Gasteiger partial charge is 0.480 e. The Bertz CT molecular complexity index is 1100. The van der Waals surface area contributed by atoms with Gasteiger partial charge in [-0.2, -0.15) is 0 Å². The standard InChI is InChI=1S/C25H30N2O7S/c1-15-12-17(10-11-18(15)20-25(32,33)22(30)27(35-20)24(2,3)4)13-19(21(28)29)26-23(31)34-14-16-8-6-5-7-9-16/h5-12,19-20,32-33H,13-14H2,1-4H3,(H,26,31)(H,28,29)/t19-,20?/m0/s1. The summed E-state index contributed by atoms with van der Waals surface area (Å²) in [5.41, 5.74) is 1.98. The molecule has 1 saturated heterocycles. The van der Waals surface area contributed by atoms with Gasteiger partial charge >= 0.3 is 12.1 Å². The highest BCUT2D eigenvalue weighted by Crippen LogP contribution is 2.50. The third-order valence-electron chi connectivity index (χ3n) is 5.54. The molecule has 4 N–H and O–H groups in total. The van der Waals surface area contributed by atoms with Crippen LogP contribution >= 0.6 is 11.9 Å². The summed E-state index contributed by atoms with van der Waals surface area (Å²) >= 11 is 1.05. The van der Waals surface area contributed by atoms with Gasteiger partial charge in [-0.1, -0.05) is 48.5 Å². The third-order valence-corrected chi connectivity index (χ3v) is 7.26. The molecule has 2 atom stereocenters. The Balaban J connectivity index is 1.70. The maximum absolute atomic E-state index is 12.6. The lowest BCUT2D eigenvalue weighted by Crippen LogP contribution is -2.47. The number of hydrogen-bond donors (Lipinski definition) is 4. The van der Waals surface area contributed by atoms with Gasteiger partial charge in [-0.15, -0.1) is 0 Å². The number of benzene rings is 2. The summed E-state index contributed by atoms with van der Waals surface area (Å²) in [6.45, 7) is 7.17. The van der Waals surface area contributed by atoms with E-state index in [1.807, 2.05) is 6.07 Å². The molecule has 188 valence electrons. The van der Waals surface area contributed by atoms with E-state index in [1.54, 1.807) is 70.2 Å². The molecule has 0 spiro atoms. The van der Waals surface area contributed by atoms with Crippen molar-refractivity contribution in [2.75, 3.05) is 0 Å². The van der Waals surface area contributed by atoms with Crippen molar-refractivity contribution in [1.29, 1.82) is 0 Å². The van der Waals surface area contributed by atoms with Gasteiger partial charge in [-0.25, -0.2) is 9.59 Å². The minimum Gasteiger partial charge on any atom is -0.480 e. The van der Waals surface area contributed by atoms with Crippen LogP contribution in [0.25, 0.3) is 0 Å². The molecule has 0 aliphatic carbocycles. The van der Waals surface area contributed by atoms with Crippen LogP contribution in [0.5, 0.6) is 0 Å². The predicted octanol–water partition coefficient (Wildman–Crippen LogP) is 2.93. The quantitative estimate of drug-likeness (QED) is 0.335. The van der Waals surface area contributed by atoms with Crippen molar-refractivity contribution in [3.63, 3.8) is 0 Å². The third kappa shape index (κ3) is 6.14. The van der Waals surface area contributed by atoms with E-state index in [2.05, 4.69) is 5.32 Å². The summed E-state index contributed by atoms with van der Waals surface area (Å²) < 4.78 is 6.48. The van der Waals surface area contributed by atoms with Crippen LogP contribution in [0.4, 0.5) is 4.79 Å². The number of carbonyl (C=O) groups is 3. The van der Waals surface area contributed by atoms with Crippen LogP contribution in [-0.2, 0) is 27.4 Å². The molecule has 3 rings (SSSR count). The van der Waals surface area contributed by atoms with Crippen molar-refractivity contribution >= 4 is 29.9 Å². The number of nitrogens with one attached hydrogen (secondary N) is 1. The second-order valence-corrected chi connectivity index (χ2v) is 10.5. The van der Waals surface area contributed by atoms with E-state index in [0.717, 1.165) is 17.5 Å². The molecule has 2 aromatic carbocycles. The molecule has 1 aliphatic heterocycles. The monoisotopic (exact) mass is 502 g/mol. The number of carbonyl (C=O) groups excluding carboxylic acids is 2. The first-order valence-corrected chi connectivity index (χ1v) is 11.9. The lowest BCUT2D eigenvalue weighted by molar-refractivity contribution is -0.188. The minimum absolute atomic E-state index is 0.00879. The van der Waals surface area contributed by atoms with Crippen molar-refractivity contribution in [1.82, 2.24) is 9.62 Å². The maximum atomic E-state index is 12.6. The van der Waals surface area contributed by atoms with Crippen LogP contribution in [0.15, 0.2) is 48.5 Å². The zero-order valence-electron chi connectivity index (χ0n) is 20.0. The van der Waals surface area contributed by atoms with E-state index in [1.165, 1.54) is 4.31 Å². The molecular weight excluding hydrogens is 472 g/mol. The summed E-state index contributed by atoms with van der Waals surface area (Å²) in [7, 11) is 0. The predicted molar refractivity (Wildman–Crippen MR) is 130 cm³/mol. The highest BCUT2D eigenvalue weighted by Gasteiger charge is 2.56. The number of aliphatic carboxylic acids is 1. The second-order valence-electron chi connectivity index (χ2n) is 9.47. The van der Waals surface area contributed by atoms with Crippen LogP contribution in [0, 0.1) is 6.92 Å². The zero-order valence-corrected chi connectivity index (χ0v) is 20.8. The summed E-state index contributed by atoms with van der Waals surface area (Å²) in [6, 6.07) is 12.8. The van der Waals surface area contributed by atoms with Gasteiger partial charge in [0, 0.05) is 12.0 Å². The number of amides is 2. The Labute approximate surface area is 208 Å². The second kappa shape index (κ2) is 10.3. The first kappa shape index (κ1) is 26.5. The topological polar surface area (TPSA) is 136 Å². The molecule has 2 aromatic rings. The van der Waals surface area contributed by atoms with Crippen molar-refractivity contribution in [3.05, 3.63) is 70.8 Å². The van der Waals surface area contributed by atoms with Crippen molar-refractivity contribution in [3.8, 4) is 0 Å². The number of alkyl carbamates (subject to hydrolysis) is 1. The van der Waals surface area contributed by atoms with Crippen LogP contribution in [0.2, 0.25) is 0 Å². The van der Waals surface area contributed by atoms with Gasteiger partial charge in [-0.05, 0) is 61.9 Å². The Morgan fingerprint density at radius 2 is 1.80 bits per heavy atom. The molecule has 1 heterocycles. The minimum atomic E-state index is -2.57. The molecule has 0 radical (unpaired) electrons. The van der Waals surface area contributed by atoms with E-state index in [4.69, 9.17) is 4.74 Å². The van der Waals surface area contributed by atoms with Crippen LogP contribution in [0.3, 0.4) is 0 Å². The molecule has 1 fully saturated rings. The van der Waals surface area contributed by atoms with Crippen LogP contribution < -0.4 is 5.32 Å². The SMILES string of the molecule is Cc1cc(C[C@H](NC(=O)OCc2ccccc2)C(=O)O)ccc1C1SN(C(C)(C)C)C(=O)C1(O)O. The number of hydrogen-bond acceptors (Lipinski definition) is 7. The van der Waals surface area contributed by atoms with E-state index in [-0.39, 0.29) is 13.0 Å². The number of aliphatic hydroxyl groups is 2. The molecule has 1 unspecified atom stereocenters. The number of carboxylic acids is 1. The fraction of sp³-hybridized carbons (Fsp3) is 0.400. The molecule has 0 bridgehead atoms. The van der Waals surface area contributed by atoms with E-state index < -0.39 is 40.6 Å². The molecular formula is C25H30N2O7S. The fourth-order valence-corrected chi connectivity index (χ4v) is 5.11.